The minimum Gasteiger partial charge on any atom is -0.241 e. The lowest BCUT2D eigenvalue weighted by Gasteiger charge is -2.15. The van der Waals surface area contributed by atoms with Crippen LogP contribution in [0, 0.1) is 5.82 Å². The lowest BCUT2D eigenvalue weighted by molar-refractivity contribution is 0.457. The summed E-state index contributed by atoms with van der Waals surface area (Å²) in [7, 11) is -2.58. The fourth-order valence-corrected chi connectivity index (χ4v) is 3.79. The summed E-state index contributed by atoms with van der Waals surface area (Å²) in [5, 5.41) is -0.569. The Hall–Kier alpha value is -1.02. The molecule has 0 aliphatic rings. The molecule has 2 aromatic heterocycles. The number of hydrogen-bond acceptors (Lipinski definition) is 4. The van der Waals surface area contributed by atoms with E-state index in [4.69, 9.17) is 11.6 Å². The average molecular weight is 321 g/mol. The summed E-state index contributed by atoms with van der Waals surface area (Å²) in [4.78, 5) is 4.36. The molecule has 0 saturated carbocycles. The van der Waals surface area contributed by atoms with Crippen LogP contribution in [-0.4, -0.2) is 24.8 Å². The number of pyridine rings is 1. The van der Waals surface area contributed by atoms with Gasteiger partial charge in [-0.3, -0.25) is 0 Å². The number of halogens is 2. The van der Waals surface area contributed by atoms with Gasteiger partial charge in [0.25, 0.3) is 10.0 Å². The first kappa shape index (κ1) is 14.4. The van der Waals surface area contributed by atoms with Crippen LogP contribution in [0.4, 0.5) is 4.39 Å². The molecule has 0 amide bonds. The highest BCUT2D eigenvalue weighted by molar-refractivity contribution is 7.89. The average Bonchev–Trinajstić information content (AvgIpc) is 2.75. The summed E-state index contributed by atoms with van der Waals surface area (Å²) in [6.07, 6.45) is 1.24. The van der Waals surface area contributed by atoms with E-state index in [0.29, 0.717) is 4.34 Å². The molecule has 0 bridgehead atoms. The number of thiophene rings is 1. The Morgan fingerprint density at radius 3 is 2.74 bits per heavy atom. The molecule has 0 radical (unpaired) electrons. The number of rotatable bonds is 4. The van der Waals surface area contributed by atoms with Crippen LogP contribution in [0.3, 0.4) is 0 Å². The third-order valence-electron chi connectivity index (χ3n) is 2.39. The monoisotopic (exact) mass is 320 g/mol. The predicted octanol–water partition coefficient (Wildman–Crippen LogP) is 2.76. The molecule has 0 fully saturated rings. The Bertz CT molecular complexity index is 688. The molecule has 2 rings (SSSR count). The quantitative estimate of drug-likeness (QED) is 0.870. The molecule has 0 unspecified atom stereocenters. The Morgan fingerprint density at radius 1 is 1.42 bits per heavy atom. The summed E-state index contributed by atoms with van der Waals surface area (Å²) in [5.41, 5.74) is 0. The molecule has 0 aliphatic carbocycles. The van der Waals surface area contributed by atoms with E-state index >= 15 is 0 Å². The zero-order valence-electron chi connectivity index (χ0n) is 9.88. The topological polar surface area (TPSA) is 50.3 Å². The van der Waals surface area contributed by atoms with Gasteiger partial charge in [0.2, 0.25) is 5.03 Å². The van der Waals surface area contributed by atoms with Gasteiger partial charge in [0, 0.05) is 24.7 Å². The van der Waals surface area contributed by atoms with E-state index in [1.54, 1.807) is 12.1 Å². The van der Waals surface area contributed by atoms with Gasteiger partial charge in [-0.15, -0.1) is 11.3 Å². The van der Waals surface area contributed by atoms with Gasteiger partial charge in [0.15, 0.2) is 5.82 Å². The standard InChI is InChI=1S/C11H10ClFN2O2S2/c1-15(7-8-4-5-10(12)18-8)19(16,17)11-9(13)3-2-6-14-11/h2-6H,7H2,1H3. The molecule has 2 heterocycles. The maximum atomic E-state index is 13.5. The molecule has 0 spiro atoms. The number of hydrogen-bond donors (Lipinski definition) is 0. The van der Waals surface area contributed by atoms with E-state index in [1.807, 2.05) is 0 Å². The summed E-state index contributed by atoms with van der Waals surface area (Å²) in [6.45, 7) is 0.121. The van der Waals surface area contributed by atoms with Gasteiger partial charge >= 0.3 is 0 Å². The van der Waals surface area contributed by atoms with Crippen LogP contribution >= 0.6 is 22.9 Å². The van der Waals surface area contributed by atoms with E-state index in [-0.39, 0.29) is 6.54 Å². The van der Waals surface area contributed by atoms with Gasteiger partial charge in [-0.25, -0.2) is 17.8 Å². The largest absolute Gasteiger partial charge is 0.263 e. The molecule has 19 heavy (non-hydrogen) atoms. The molecule has 102 valence electrons. The lowest BCUT2D eigenvalue weighted by atomic mass is 10.5. The van der Waals surface area contributed by atoms with Crippen LogP contribution in [0.2, 0.25) is 4.34 Å². The van der Waals surface area contributed by atoms with Crippen molar-refractivity contribution in [3.05, 3.63) is 45.5 Å². The van der Waals surface area contributed by atoms with Crippen LogP contribution < -0.4 is 0 Å². The molecule has 2 aromatic rings. The van der Waals surface area contributed by atoms with Crippen molar-refractivity contribution in [2.24, 2.45) is 0 Å². The SMILES string of the molecule is CN(Cc1ccc(Cl)s1)S(=O)(=O)c1ncccc1F. The minimum atomic E-state index is -3.95. The van der Waals surface area contributed by atoms with Crippen molar-refractivity contribution in [1.29, 1.82) is 0 Å². The van der Waals surface area contributed by atoms with E-state index < -0.39 is 20.9 Å². The molecular formula is C11H10ClFN2O2S2. The van der Waals surface area contributed by atoms with Gasteiger partial charge in [-0.05, 0) is 24.3 Å². The fourth-order valence-electron chi connectivity index (χ4n) is 1.45. The summed E-state index contributed by atoms with van der Waals surface area (Å²) >= 11 is 7.06. The summed E-state index contributed by atoms with van der Waals surface area (Å²) in [5.74, 6) is -0.862. The van der Waals surface area contributed by atoms with Crippen molar-refractivity contribution in [3.8, 4) is 0 Å². The molecule has 0 atom stereocenters. The van der Waals surface area contributed by atoms with E-state index in [1.165, 1.54) is 30.6 Å². The highest BCUT2D eigenvalue weighted by Crippen LogP contribution is 2.24. The Labute approximate surface area is 119 Å². The maximum Gasteiger partial charge on any atom is 0.263 e. The van der Waals surface area contributed by atoms with Gasteiger partial charge in [0.05, 0.1) is 4.34 Å². The van der Waals surface area contributed by atoms with Crippen molar-refractivity contribution in [2.75, 3.05) is 7.05 Å². The second-order valence-electron chi connectivity index (χ2n) is 3.76. The Balaban J connectivity index is 2.27. The number of nitrogens with zero attached hydrogens (tertiary/aromatic N) is 2. The first-order valence-electron chi connectivity index (χ1n) is 5.22. The van der Waals surface area contributed by atoms with E-state index in [2.05, 4.69) is 4.98 Å². The Morgan fingerprint density at radius 2 is 2.16 bits per heavy atom. The fraction of sp³-hybridized carbons (Fsp3) is 0.182. The molecular weight excluding hydrogens is 311 g/mol. The third-order valence-corrected chi connectivity index (χ3v) is 5.34. The number of sulfonamides is 1. The Kier molecular flexibility index (Phi) is 4.19. The second-order valence-corrected chi connectivity index (χ2v) is 7.52. The molecule has 0 aliphatic heterocycles. The van der Waals surface area contributed by atoms with Crippen LogP contribution in [0.15, 0.2) is 35.5 Å². The zero-order chi connectivity index (χ0) is 14.0. The van der Waals surface area contributed by atoms with Crippen molar-refractivity contribution in [2.45, 2.75) is 11.6 Å². The van der Waals surface area contributed by atoms with E-state index in [0.717, 1.165) is 15.2 Å². The lowest BCUT2D eigenvalue weighted by Crippen LogP contribution is -2.27. The van der Waals surface area contributed by atoms with Crippen LogP contribution in [0.1, 0.15) is 4.88 Å². The maximum absolute atomic E-state index is 13.5. The van der Waals surface area contributed by atoms with Gasteiger partial charge in [-0.2, -0.15) is 4.31 Å². The van der Waals surface area contributed by atoms with Gasteiger partial charge in [-0.1, -0.05) is 11.6 Å². The van der Waals surface area contributed by atoms with Crippen LogP contribution in [0.5, 0.6) is 0 Å². The van der Waals surface area contributed by atoms with Crippen molar-refractivity contribution < 1.29 is 12.8 Å². The minimum absolute atomic E-state index is 0.121. The second kappa shape index (κ2) is 5.54. The van der Waals surface area contributed by atoms with Gasteiger partial charge in [0.1, 0.15) is 0 Å². The van der Waals surface area contributed by atoms with Gasteiger partial charge < -0.3 is 0 Å². The number of aromatic nitrogens is 1. The molecule has 8 heteroatoms. The summed E-state index contributed by atoms with van der Waals surface area (Å²) in [6, 6.07) is 5.82. The highest BCUT2D eigenvalue weighted by Gasteiger charge is 2.26. The van der Waals surface area contributed by atoms with E-state index in [9.17, 15) is 12.8 Å². The molecule has 0 N–H and O–H groups in total. The van der Waals surface area contributed by atoms with Crippen LogP contribution in [0.25, 0.3) is 0 Å². The molecule has 0 saturated heterocycles. The molecule has 0 aromatic carbocycles. The van der Waals surface area contributed by atoms with Crippen LogP contribution in [-0.2, 0) is 16.6 Å². The summed E-state index contributed by atoms with van der Waals surface area (Å²) < 4.78 is 39.4. The highest BCUT2D eigenvalue weighted by atomic mass is 35.5. The molecule has 4 nitrogen and oxygen atoms in total. The van der Waals surface area contributed by atoms with Crippen molar-refractivity contribution in [1.82, 2.24) is 9.29 Å². The first-order valence-corrected chi connectivity index (χ1v) is 7.86. The van der Waals surface area contributed by atoms with Crippen molar-refractivity contribution in [3.63, 3.8) is 0 Å². The first-order chi connectivity index (χ1) is 8.91. The predicted molar refractivity (Wildman–Crippen MR) is 72.2 cm³/mol. The normalized spacial score (nSPS) is 12.0. The third kappa shape index (κ3) is 3.11. The zero-order valence-corrected chi connectivity index (χ0v) is 12.3. The smallest absolute Gasteiger partial charge is 0.241 e. The van der Waals surface area contributed by atoms with Crippen molar-refractivity contribution >= 4 is 33.0 Å².